The van der Waals surface area contributed by atoms with E-state index in [-0.39, 0.29) is 24.5 Å². The minimum Gasteiger partial charge on any atom is -0.489 e. The zero-order valence-corrected chi connectivity index (χ0v) is 24.6. The average molecular weight is 586 g/mol. The number of ether oxygens (including phenoxy) is 1. The fraction of sp³-hybridized carbons (Fsp3) is 0.533. The number of sulfonamides is 1. The summed E-state index contributed by atoms with van der Waals surface area (Å²) >= 11 is 0. The van der Waals surface area contributed by atoms with Crippen molar-refractivity contribution in [3.8, 4) is 5.75 Å². The van der Waals surface area contributed by atoms with E-state index in [1.54, 1.807) is 17.0 Å². The predicted octanol–water partition coefficient (Wildman–Crippen LogP) is 4.44. The molecule has 9 nitrogen and oxygen atoms in total. The smallest absolute Gasteiger partial charge is 0.350 e. The van der Waals surface area contributed by atoms with Crippen LogP contribution in [0, 0.1) is 5.82 Å². The highest BCUT2D eigenvalue weighted by molar-refractivity contribution is 7.88. The number of nitrogens with one attached hydrogen (secondary N) is 2. The zero-order chi connectivity index (χ0) is 29.0. The van der Waals surface area contributed by atoms with Crippen LogP contribution in [0.2, 0.25) is 0 Å². The highest BCUT2D eigenvalue weighted by atomic mass is 32.2. The van der Waals surface area contributed by atoms with Gasteiger partial charge < -0.3 is 10.1 Å². The number of carbonyl (C=O) groups is 1. The number of halogens is 1. The lowest BCUT2D eigenvalue weighted by Crippen LogP contribution is -2.62. The van der Waals surface area contributed by atoms with Crippen LogP contribution in [0.1, 0.15) is 57.4 Å². The number of likely N-dealkylation sites (tertiary alicyclic amines) is 1. The molecule has 1 saturated heterocycles. The van der Waals surface area contributed by atoms with Gasteiger partial charge in [-0.15, -0.1) is 0 Å². The molecule has 2 amide bonds. The van der Waals surface area contributed by atoms with Crippen molar-refractivity contribution in [3.63, 3.8) is 0 Å². The van der Waals surface area contributed by atoms with E-state index in [4.69, 9.17) is 4.74 Å². The van der Waals surface area contributed by atoms with E-state index in [9.17, 15) is 17.6 Å². The highest BCUT2D eigenvalue weighted by Crippen LogP contribution is 2.39. The molecule has 2 N–H and O–H groups in total. The Balaban J connectivity index is 1.28. The number of rotatable bonds is 9. The molecule has 41 heavy (non-hydrogen) atoms. The normalized spacial score (nSPS) is 20.7. The molecular weight excluding hydrogens is 545 g/mol. The first kappa shape index (κ1) is 29.5. The number of anilines is 1. The molecule has 3 aliphatic rings. The van der Waals surface area contributed by atoms with E-state index in [0.717, 1.165) is 43.6 Å². The van der Waals surface area contributed by atoms with Crippen LogP contribution >= 0.6 is 0 Å². The van der Waals surface area contributed by atoms with Crippen molar-refractivity contribution in [2.75, 3.05) is 30.8 Å². The Hall–Kier alpha value is -3.02. The van der Waals surface area contributed by atoms with Gasteiger partial charge in [0.15, 0.2) is 0 Å². The Morgan fingerprint density at radius 1 is 1.10 bits per heavy atom. The van der Waals surface area contributed by atoms with E-state index in [2.05, 4.69) is 19.9 Å². The van der Waals surface area contributed by atoms with E-state index >= 15 is 0 Å². The van der Waals surface area contributed by atoms with Gasteiger partial charge in [-0.3, -0.25) is 9.80 Å². The van der Waals surface area contributed by atoms with Crippen LogP contribution in [-0.4, -0.2) is 68.8 Å². The SMILES string of the molecule is CC(CNS(C)(=O)=O)Oc1cccc(CN2CCC3(CC2)C(NC2CCCCC2)=NC(=O)N3c2cccc(F)c2)c1. The van der Waals surface area contributed by atoms with Gasteiger partial charge >= 0.3 is 6.03 Å². The lowest BCUT2D eigenvalue weighted by atomic mass is 9.83. The van der Waals surface area contributed by atoms with Gasteiger partial charge in [-0.25, -0.2) is 22.3 Å². The minimum atomic E-state index is -3.28. The van der Waals surface area contributed by atoms with Crippen molar-refractivity contribution in [1.82, 2.24) is 14.9 Å². The molecule has 2 aromatic carbocycles. The molecule has 0 aromatic heterocycles. The fourth-order valence-corrected chi connectivity index (χ4v) is 6.72. The van der Waals surface area contributed by atoms with Gasteiger partial charge in [0.2, 0.25) is 10.0 Å². The third kappa shape index (κ3) is 7.25. The number of amides is 2. The van der Waals surface area contributed by atoms with E-state index in [1.807, 2.05) is 31.2 Å². The zero-order valence-electron chi connectivity index (χ0n) is 23.8. The predicted molar refractivity (Wildman–Crippen MR) is 158 cm³/mol. The van der Waals surface area contributed by atoms with Crippen molar-refractivity contribution in [2.24, 2.45) is 4.99 Å². The summed E-state index contributed by atoms with van der Waals surface area (Å²) in [5.41, 5.74) is 0.989. The second kappa shape index (κ2) is 12.5. The number of hydrogen-bond donors (Lipinski definition) is 2. The standard InChI is InChI=1S/C30H40FN5O4S/c1-22(20-32-41(2,38)39)40-27-13-6-8-23(18-27)21-35-16-14-30(15-17-35)28(33-25-10-4-3-5-11-25)34-29(37)36(30)26-12-7-9-24(31)19-26/h6-9,12-13,18-19,22,25,32H,3-5,10-11,14-17,20-21H2,1-2H3,(H,33,34,37). The summed E-state index contributed by atoms with van der Waals surface area (Å²) in [6, 6.07) is 14.0. The molecule has 2 heterocycles. The molecule has 1 unspecified atom stereocenters. The molecule has 2 aromatic rings. The van der Waals surface area contributed by atoms with Crippen molar-refractivity contribution in [1.29, 1.82) is 0 Å². The van der Waals surface area contributed by atoms with Gasteiger partial charge in [-0.2, -0.15) is 4.99 Å². The number of aliphatic imine (C=N–C) groups is 1. The molecule has 1 atom stereocenters. The molecule has 222 valence electrons. The lowest BCUT2D eigenvalue weighted by Gasteiger charge is -2.45. The number of nitrogens with zero attached hydrogens (tertiary/aromatic N) is 3. The maximum Gasteiger partial charge on any atom is 0.350 e. The van der Waals surface area contributed by atoms with Gasteiger partial charge in [-0.05, 0) is 68.5 Å². The summed E-state index contributed by atoms with van der Waals surface area (Å²) in [6.07, 6.45) is 7.87. The van der Waals surface area contributed by atoms with Gasteiger partial charge in [0.1, 0.15) is 29.0 Å². The first-order valence-corrected chi connectivity index (χ1v) is 16.4. The van der Waals surface area contributed by atoms with Crippen molar-refractivity contribution < 1.29 is 22.3 Å². The third-order valence-corrected chi connectivity index (χ3v) is 8.93. The van der Waals surface area contributed by atoms with Crippen LogP contribution in [0.25, 0.3) is 0 Å². The monoisotopic (exact) mass is 585 g/mol. The maximum atomic E-state index is 14.2. The minimum absolute atomic E-state index is 0.191. The second-order valence-electron chi connectivity index (χ2n) is 11.5. The van der Waals surface area contributed by atoms with Crippen molar-refractivity contribution in [2.45, 2.75) is 76.1 Å². The number of piperidine rings is 1. The van der Waals surface area contributed by atoms with E-state index in [1.165, 1.54) is 31.4 Å². The molecule has 0 bridgehead atoms. The number of benzene rings is 2. The fourth-order valence-electron chi connectivity index (χ4n) is 6.18. The Kier molecular flexibility index (Phi) is 8.96. The van der Waals surface area contributed by atoms with Crippen LogP contribution in [0.3, 0.4) is 0 Å². The second-order valence-corrected chi connectivity index (χ2v) is 13.4. The van der Waals surface area contributed by atoms with Crippen LogP contribution < -0.4 is 19.7 Å². The van der Waals surface area contributed by atoms with Gasteiger partial charge in [-0.1, -0.05) is 37.5 Å². The van der Waals surface area contributed by atoms with Gasteiger partial charge in [0, 0.05) is 37.9 Å². The molecule has 11 heteroatoms. The summed E-state index contributed by atoms with van der Waals surface area (Å²) in [5.74, 6) is 1.04. The first-order valence-electron chi connectivity index (χ1n) is 14.5. The van der Waals surface area contributed by atoms with Gasteiger partial charge in [0.05, 0.1) is 6.26 Å². The molecule has 5 rings (SSSR count). The molecular formula is C30H40FN5O4S. The Morgan fingerprint density at radius 2 is 1.83 bits per heavy atom. The molecule has 2 fully saturated rings. The quantitative estimate of drug-likeness (QED) is 0.451. The first-order chi connectivity index (χ1) is 19.6. The summed E-state index contributed by atoms with van der Waals surface area (Å²) in [6.45, 7) is 4.20. The highest BCUT2D eigenvalue weighted by Gasteiger charge is 2.52. The third-order valence-electron chi connectivity index (χ3n) is 8.24. The van der Waals surface area contributed by atoms with E-state index in [0.29, 0.717) is 36.9 Å². The van der Waals surface area contributed by atoms with Crippen molar-refractivity contribution >= 4 is 27.6 Å². The summed E-state index contributed by atoms with van der Waals surface area (Å²) in [5, 5.41) is 3.65. The number of hydrogen-bond acceptors (Lipinski definition) is 6. The average Bonchev–Trinajstić information content (AvgIpc) is 3.19. The largest absolute Gasteiger partial charge is 0.489 e. The summed E-state index contributed by atoms with van der Waals surface area (Å²) < 4.78 is 45.4. The number of amidine groups is 1. The lowest BCUT2D eigenvalue weighted by molar-refractivity contribution is 0.181. The summed E-state index contributed by atoms with van der Waals surface area (Å²) in [4.78, 5) is 21.9. The van der Waals surface area contributed by atoms with Crippen LogP contribution in [0.5, 0.6) is 5.75 Å². The molecule has 1 saturated carbocycles. The Labute approximate surface area is 242 Å². The molecule has 2 aliphatic heterocycles. The Bertz CT molecular complexity index is 1370. The number of carbonyl (C=O) groups excluding carboxylic acids is 1. The van der Waals surface area contributed by atoms with Crippen LogP contribution in [0.4, 0.5) is 14.9 Å². The van der Waals surface area contributed by atoms with Crippen LogP contribution in [-0.2, 0) is 16.6 Å². The maximum absolute atomic E-state index is 14.2. The van der Waals surface area contributed by atoms with Crippen LogP contribution in [0.15, 0.2) is 53.5 Å². The molecule has 1 spiro atoms. The number of urea groups is 1. The van der Waals surface area contributed by atoms with E-state index < -0.39 is 15.6 Å². The summed E-state index contributed by atoms with van der Waals surface area (Å²) in [7, 11) is -3.28. The van der Waals surface area contributed by atoms with Gasteiger partial charge in [0.25, 0.3) is 0 Å². The molecule has 0 radical (unpaired) electrons. The molecule has 1 aliphatic carbocycles. The van der Waals surface area contributed by atoms with Crippen molar-refractivity contribution in [3.05, 3.63) is 59.9 Å². The topological polar surface area (TPSA) is 103 Å². The Morgan fingerprint density at radius 3 is 2.54 bits per heavy atom.